The minimum Gasteiger partial charge on any atom is -0.338 e. The first-order chi connectivity index (χ1) is 13.1. The van der Waals surface area contributed by atoms with Crippen LogP contribution in [-0.4, -0.2) is 39.1 Å². The SMILES string of the molecule is Cc1ccc(-c2cn[nH]c2[C@H]2CCCN(C(=O)c3ccc(=O)[nH]c3)C2)cc1. The number of H-pyrrole nitrogens is 2. The molecule has 0 unspecified atom stereocenters. The number of carbonyl (C=O) groups excluding carboxylic acids is 1. The molecule has 1 aromatic carbocycles. The normalized spacial score (nSPS) is 17.1. The van der Waals surface area contributed by atoms with Crippen molar-refractivity contribution in [2.45, 2.75) is 25.7 Å². The zero-order chi connectivity index (χ0) is 18.8. The highest BCUT2D eigenvalue weighted by molar-refractivity contribution is 5.94. The minimum absolute atomic E-state index is 0.0487. The highest BCUT2D eigenvalue weighted by Crippen LogP contribution is 2.33. The number of nitrogens with one attached hydrogen (secondary N) is 2. The van der Waals surface area contributed by atoms with Crippen molar-refractivity contribution in [3.8, 4) is 11.1 Å². The van der Waals surface area contributed by atoms with Gasteiger partial charge in [0.2, 0.25) is 5.56 Å². The third kappa shape index (κ3) is 3.56. The molecule has 0 bridgehead atoms. The summed E-state index contributed by atoms with van der Waals surface area (Å²) in [5.41, 5.74) is 4.84. The van der Waals surface area contributed by atoms with Gasteiger partial charge in [-0.1, -0.05) is 29.8 Å². The van der Waals surface area contributed by atoms with E-state index in [1.54, 1.807) is 6.07 Å². The van der Waals surface area contributed by atoms with Gasteiger partial charge in [0.25, 0.3) is 5.91 Å². The van der Waals surface area contributed by atoms with Crippen LogP contribution in [0.5, 0.6) is 0 Å². The van der Waals surface area contributed by atoms with Gasteiger partial charge in [-0.05, 0) is 31.4 Å². The Bertz CT molecular complexity index is 983. The van der Waals surface area contributed by atoms with Crippen LogP contribution in [0.1, 0.15) is 40.4 Å². The standard InChI is InChI=1S/C21H22N4O2/c1-14-4-6-15(7-5-14)18-12-23-24-20(18)17-3-2-10-25(13-17)21(27)16-8-9-19(26)22-11-16/h4-9,11-12,17H,2-3,10,13H2,1H3,(H,22,26)(H,23,24)/t17-/m0/s1. The number of nitrogens with zero attached hydrogens (tertiary/aromatic N) is 2. The lowest BCUT2D eigenvalue weighted by molar-refractivity contribution is 0.0705. The van der Waals surface area contributed by atoms with Crippen LogP contribution >= 0.6 is 0 Å². The number of hydrogen-bond donors (Lipinski definition) is 2. The van der Waals surface area contributed by atoms with E-state index in [1.807, 2.05) is 11.1 Å². The zero-order valence-electron chi connectivity index (χ0n) is 15.2. The summed E-state index contributed by atoms with van der Waals surface area (Å²) in [4.78, 5) is 28.5. The smallest absolute Gasteiger partial charge is 0.255 e. The summed E-state index contributed by atoms with van der Waals surface area (Å²) >= 11 is 0. The molecule has 6 heteroatoms. The van der Waals surface area contributed by atoms with Crippen molar-refractivity contribution < 1.29 is 4.79 Å². The Labute approximate surface area is 157 Å². The fourth-order valence-corrected chi connectivity index (χ4v) is 3.69. The van der Waals surface area contributed by atoms with E-state index < -0.39 is 0 Å². The Balaban J connectivity index is 1.56. The molecular weight excluding hydrogens is 340 g/mol. The van der Waals surface area contributed by atoms with Crippen LogP contribution < -0.4 is 5.56 Å². The number of aromatic amines is 2. The summed E-state index contributed by atoms with van der Waals surface area (Å²) in [6.07, 6.45) is 5.30. The maximum Gasteiger partial charge on any atom is 0.255 e. The minimum atomic E-state index is -0.205. The molecule has 2 N–H and O–H groups in total. The largest absolute Gasteiger partial charge is 0.338 e. The van der Waals surface area contributed by atoms with Crippen molar-refractivity contribution in [1.29, 1.82) is 0 Å². The van der Waals surface area contributed by atoms with Gasteiger partial charge in [0.15, 0.2) is 0 Å². The van der Waals surface area contributed by atoms with Gasteiger partial charge in [0, 0.05) is 42.5 Å². The summed E-state index contributed by atoms with van der Waals surface area (Å²) in [5.74, 6) is 0.164. The monoisotopic (exact) mass is 362 g/mol. The number of amides is 1. The Morgan fingerprint density at radius 3 is 2.74 bits per heavy atom. The number of rotatable bonds is 3. The van der Waals surface area contributed by atoms with E-state index in [1.165, 1.54) is 17.8 Å². The third-order valence-corrected chi connectivity index (χ3v) is 5.18. The van der Waals surface area contributed by atoms with Gasteiger partial charge in [0.05, 0.1) is 11.8 Å². The van der Waals surface area contributed by atoms with Crippen molar-refractivity contribution in [3.05, 3.63) is 76.0 Å². The van der Waals surface area contributed by atoms with E-state index >= 15 is 0 Å². The molecule has 1 fully saturated rings. The molecule has 6 nitrogen and oxygen atoms in total. The topological polar surface area (TPSA) is 81.8 Å². The van der Waals surface area contributed by atoms with Gasteiger partial charge < -0.3 is 9.88 Å². The lowest BCUT2D eigenvalue weighted by Gasteiger charge is -2.32. The molecule has 0 radical (unpaired) electrons. The maximum atomic E-state index is 12.8. The lowest BCUT2D eigenvalue weighted by atomic mass is 9.90. The molecule has 1 atom stereocenters. The molecule has 1 amide bonds. The van der Waals surface area contributed by atoms with Gasteiger partial charge in [0.1, 0.15) is 0 Å². The molecule has 0 saturated carbocycles. The highest BCUT2D eigenvalue weighted by atomic mass is 16.2. The van der Waals surface area contributed by atoms with Gasteiger partial charge in [-0.25, -0.2) is 0 Å². The van der Waals surface area contributed by atoms with Crippen LogP contribution in [0.4, 0.5) is 0 Å². The summed E-state index contributed by atoms with van der Waals surface area (Å²) in [5, 5.41) is 7.43. The Morgan fingerprint density at radius 2 is 2.00 bits per heavy atom. The summed E-state index contributed by atoms with van der Waals surface area (Å²) in [6, 6.07) is 11.4. The Morgan fingerprint density at radius 1 is 1.19 bits per heavy atom. The summed E-state index contributed by atoms with van der Waals surface area (Å²) in [6.45, 7) is 3.43. The predicted octanol–water partition coefficient (Wildman–Crippen LogP) is 3.09. The van der Waals surface area contributed by atoms with Gasteiger partial charge >= 0.3 is 0 Å². The molecule has 3 aromatic rings. The number of aryl methyl sites for hydroxylation is 1. The quantitative estimate of drug-likeness (QED) is 0.751. The van der Waals surface area contributed by atoms with Crippen LogP contribution in [0.2, 0.25) is 0 Å². The zero-order valence-corrected chi connectivity index (χ0v) is 15.2. The van der Waals surface area contributed by atoms with E-state index in [0.29, 0.717) is 12.1 Å². The van der Waals surface area contributed by atoms with Crippen LogP contribution in [0, 0.1) is 6.92 Å². The molecule has 3 heterocycles. The fourth-order valence-electron chi connectivity index (χ4n) is 3.69. The van der Waals surface area contributed by atoms with Gasteiger partial charge in [-0.2, -0.15) is 5.10 Å². The second-order valence-electron chi connectivity index (χ2n) is 7.10. The van der Waals surface area contributed by atoms with Crippen molar-refractivity contribution >= 4 is 5.91 Å². The van der Waals surface area contributed by atoms with Gasteiger partial charge in [-0.3, -0.25) is 14.7 Å². The molecule has 27 heavy (non-hydrogen) atoms. The highest BCUT2D eigenvalue weighted by Gasteiger charge is 2.28. The second-order valence-corrected chi connectivity index (χ2v) is 7.10. The molecule has 4 rings (SSSR count). The fraction of sp³-hybridized carbons (Fsp3) is 0.286. The molecule has 0 spiro atoms. The Kier molecular flexibility index (Phi) is 4.62. The van der Waals surface area contributed by atoms with Gasteiger partial charge in [-0.15, -0.1) is 0 Å². The number of piperidine rings is 1. The molecule has 1 aliphatic heterocycles. The van der Waals surface area contributed by atoms with E-state index in [4.69, 9.17) is 0 Å². The van der Waals surface area contributed by atoms with E-state index in [-0.39, 0.29) is 17.4 Å². The van der Waals surface area contributed by atoms with E-state index in [9.17, 15) is 9.59 Å². The maximum absolute atomic E-state index is 12.8. The average Bonchev–Trinajstić information content (AvgIpc) is 3.18. The van der Waals surface area contributed by atoms with Crippen LogP contribution in [0.25, 0.3) is 11.1 Å². The predicted molar refractivity (Wildman–Crippen MR) is 104 cm³/mol. The van der Waals surface area contributed by atoms with E-state index in [2.05, 4.69) is 46.4 Å². The van der Waals surface area contributed by atoms with Crippen molar-refractivity contribution in [2.24, 2.45) is 0 Å². The van der Waals surface area contributed by atoms with Crippen molar-refractivity contribution in [2.75, 3.05) is 13.1 Å². The Hall–Kier alpha value is -3.15. The summed E-state index contributed by atoms with van der Waals surface area (Å²) < 4.78 is 0. The molecule has 2 aromatic heterocycles. The number of aromatic nitrogens is 3. The number of carbonyl (C=O) groups is 1. The first kappa shape index (κ1) is 17.3. The number of pyridine rings is 1. The van der Waals surface area contributed by atoms with Crippen LogP contribution in [-0.2, 0) is 0 Å². The first-order valence-corrected chi connectivity index (χ1v) is 9.20. The number of benzene rings is 1. The van der Waals surface area contributed by atoms with Crippen molar-refractivity contribution in [1.82, 2.24) is 20.1 Å². The average molecular weight is 362 g/mol. The molecule has 1 saturated heterocycles. The molecular formula is C21H22N4O2. The molecule has 0 aliphatic carbocycles. The second kappa shape index (κ2) is 7.23. The first-order valence-electron chi connectivity index (χ1n) is 9.20. The van der Waals surface area contributed by atoms with Crippen molar-refractivity contribution in [3.63, 3.8) is 0 Å². The summed E-state index contributed by atoms with van der Waals surface area (Å²) in [7, 11) is 0. The number of likely N-dealkylation sites (tertiary alicyclic amines) is 1. The lowest BCUT2D eigenvalue weighted by Crippen LogP contribution is -2.39. The molecule has 138 valence electrons. The van der Waals surface area contributed by atoms with E-state index in [0.717, 1.165) is 36.2 Å². The van der Waals surface area contributed by atoms with Crippen LogP contribution in [0.15, 0.2) is 53.6 Å². The molecule has 1 aliphatic rings. The van der Waals surface area contributed by atoms with Crippen LogP contribution in [0.3, 0.4) is 0 Å². The third-order valence-electron chi connectivity index (χ3n) is 5.18. The number of hydrogen-bond acceptors (Lipinski definition) is 3.